The second-order valence-corrected chi connectivity index (χ2v) is 5.59. The highest BCUT2D eigenvalue weighted by molar-refractivity contribution is 5.81. The van der Waals surface area contributed by atoms with Gasteiger partial charge in [0, 0.05) is 6.42 Å². The van der Waals surface area contributed by atoms with E-state index in [1.54, 1.807) is 0 Å². The lowest BCUT2D eigenvalue weighted by Crippen LogP contribution is -2.55. The monoisotopic (exact) mass is 277 g/mol. The van der Waals surface area contributed by atoms with Crippen LogP contribution in [0.1, 0.15) is 39.7 Å². The SMILES string of the molecule is CCOC(=O)C(CC)(Cc1ccccc1)NCC(C)C. The molecule has 1 rings (SSSR count). The molecule has 3 nitrogen and oxygen atoms in total. The number of hydrogen-bond donors (Lipinski definition) is 1. The molecule has 112 valence electrons. The van der Waals surface area contributed by atoms with Crippen LogP contribution in [0.4, 0.5) is 0 Å². The summed E-state index contributed by atoms with van der Waals surface area (Å²) in [6.45, 7) is 9.39. The van der Waals surface area contributed by atoms with Gasteiger partial charge >= 0.3 is 5.97 Å². The van der Waals surface area contributed by atoms with Crippen LogP contribution in [0.25, 0.3) is 0 Å². The van der Waals surface area contributed by atoms with E-state index in [-0.39, 0.29) is 5.97 Å². The lowest BCUT2D eigenvalue weighted by molar-refractivity contribution is -0.151. The first-order valence-corrected chi connectivity index (χ1v) is 7.50. The molecule has 0 amide bonds. The quantitative estimate of drug-likeness (QED) is 0.742. The Labute approximate surface area is 122 Å². The minimum atomic E-state index is -0.623. The lowest BCUT2D eigenvalue weighted by Gasteiger charge is -2.32. The Bertz CT molecular complexity index is 403. The zero-order valence-corrected chi connectivity index (χ0v) is 13.1. The number of nitrogens with one attached hydrogen (secondary N) is 1. The van der Waals surface area contributed by atoms with Gasteiger partial charge in [0.05, 0.1) is 6.61 Å². The van der Waals surface area contributed by atoms with Crippen LogP contribution in [0, 0.1) is 5.92 Å². The number of ether oxygens (including phenoxy) is 1. The summed E-state index contributed by atoms with van der Waals surface area (Å²) in [5.41, 5.74) is 0.528. The number of hydrogen-bond acceptors (Lipinski definition) is 3. The first-order chi connectivity index (χ1) is 9.54. The summed E-state index contributed by atoms with van der Waals surface area (Å²) in [4.78, 5) is 12.4. The van der Waals surface area contributed by atoms with Crippen molar-refractivity contribution in [2.75, 3.05) is 13.2 Å². The Balaban J connectivity index is 2.94. The van der Waals surface area contributed by atoms with Gasteiger partial charge in [-0.15, -0.1) is 0 Å². The molecule has 0 heterocycles. The summed E-state index contributed by atoms with van der Waals surface area (Å²) < 4.78 is 5.30. The molecule has 0 saturated carbocycles. The van der Waals surface area contributed by atoms with E-state index in [0.29, 0.717) is 25.4 Å². The van der Waals surface area contributed by atoms with Crippen molar-refractivity contribution in [2.24, 2.45) is 5.92 Å². The summed E-state index contributed by atoms with van der Waals surface area (Å²) in [6, 6.07) is 10.1. The fraction of sp³-hybridized carbons (Fsp3) is 0.588. The van der Waals surface area contributed by atoms with Crippen LogP contribution in [-0.4, -0.2) is 24.7 Å². The molecule has 0 aromatic heterocycles. The molecular formula is C17H27NO2. The average molecular weight is 277 g/mol. The molecule has 20 heavy (non-hydrogen) atoms. The fourth-order valence-electron chi connectivity index (χ4n) is 2.21. The molecule has 0 aliphatic carbocycles. The van der Waals surface area contributed by atoms with Gasteiger partial charge in [-0.05, 0) is 31.4 Å². The van der Waals surface area contributed by atoms with Gasteiger partial charge in [0.25, 0.3) is 0 Å². The molecule has 1 atom stereocenters. The molecule has 0 fully saturated rings. The standard InChI is InChI=1S/C17H27NO2/c1-5-17(16(19)20-6-2,18-13-14(3)4)12-15-10-8-7-9-11-15/h7-11,14,18H,5-6,12-13H2,1-4H3. The van der Waals surface area contributed by atoms with Crippen LogP contribution in [0.3, 0.4) is 0 Å². The van der Waals surface area contributed by atoms with Gasteiger partial charge in [-0.3, -0.25) is 4.79 Å². The van der Waals surface area contributed by atoms with Crippen LogP contribution in [0.2, 0.25) is 0 Å². The zero-order valence-electron chi connectivity index (χ0n) is 13.1. The van der Waals surface area contributed by atoms with Crippen molar-refractivity contribution in [1.82, 2.24) is 5.32 Å². The van der Waals surface area contributed by atoms with Crippen LogP contribution in [-0.2, 0) is 16.0 Å². The third-order valence-electron chi connectivity index (χ3n) is 3.47. The van der Waals surface area contributed by atoms with Gasteiger partial charge in [-0.25, -0.2) is 0 Å². The molecule has 1 unspecified atom stereocenters. The summed E-state index contributed by atoms with van der Waals surface area (Å²) in [5.74, 6) is 0.345. The Kier molecular flexibility index (Phi) is 6.73. The predicted octanol–water partition coefficient (Wildman–Crippen LogP) is 3.19. The molecule has 1 aromatic rings. The first-order valence-electron chi connectivity index (χ1n) is 7.50. The van der Waals surface area contributed by atoms with E-state index in [1.165, 1.54) is 0 Å². The van der Waals surface area contributed by atoms with Crippen molar-refractivity contribution in [3.63, 3.8) is 0 Å². The van der Waals surface area contributed by atoms with E-state index in [1.807, 2.05) is 32.0 Å². The summed E-state index contributed by atoms with van der Waals surface area (Å²) in [6.07, 6.45) is 1.38. The van der Waals surface area contributed by atoms with Gasteiger partial charge < -0.3 is 10.1 Å². The highest BCUT2D eigenvalue weighted by Crippen LogP contribution is 2.20. The fourth-order valence-corrected chi connectivity index (χ4v) is 2.21. The Morgan fingerprint density at radius 3 is 2.40 bits per heavy atom. The Morgan fingerprint density at radius 1 is 1.25 bits per heavy atom. The molecule has 0 spiro atoms. The lowest BCUT2D eigenvalue weighted by atomic mass is 9.87. The van der Waals surface area contributed by atoms with Crippen LogP contribution in [0.5, 0.6) is 0 Å². The van der Waals surface area contributed by atoms with E-state index in [9.17, 15) is 4.79 Å². The maximum atomic E-state index is 12.4. The second kappa shape index (κ2) is 8.05. The number of carbonyl (C=O) groups excluding carboxylic acids is 1. The van der Waals surface area contributed by atoms with E-state index >= 15 is 0 Å². The molecule has 0 aliphatic rings. The van der Waals surface area contributed by atoms with Gasteiger partial charge in [0.15, 0.2) is 0 Å². The Morgan fingerprint density at radius 2 is 1.90 bits per heavy atom. The molecular weight excluding hydrogens is 250 g/mol. The zero-order chi connectivity index (χ0) is 15.0. The topological polar surface area (TPSA) is 38.3 Å². The molecule has 1 aromatic carbocycles. The first kappa shape index (κ1) is 16.7. The maximum Gasteiger partial charge on any atom is 0.326 e. The second-order valence-electron chi connectivity index (χ2n) is 5.59. The molecule has 0 bridgehead atoms. The normalized spacial score (nSPS) is 14.1. The van der Waals surface area contributed by atoms with Crippen molar-refractivity contribution in [3.05, 3.63) is 35.9 Å². The molecule has 1 N–H and O–H groups in total. The van der Waals surface area contributed by atoms with E-state index in [2.05, 4.69) is 31.3 Å². The minimum absolute atomic E-state index is 0.146. The Hall–Kier alpha value is -1.35. The van der Waals surface area contributed by atoms with E-state index < -0.39 is 5.54 Å². The summed E-state index contributed by atoms with van der Waals surface area (Å²) in [5, 5.41) is 3.44. The molecule has 3 heteroatoms. The van der Waals surface area contributed by atoms with Crippen LogP contribution >= 0.6 is 0 Å². The van der Waals surface area contributed by atoms with Crippen molar-refractivity contribution < 1.29 is 9.53 Å². The van der Waals surface area contributed by atoms with Crippen LogP contribution < -0.4 is 5.32 Å². The van der Waals surface area contributed by atoms with Crippen LogP contribution in [0.15, 0.2) is 30.3 Å². The molecule has 0 saturated heterocycles. The van der Waals surface area contributed by atoms with Gasteiger partial charge in [-0.1, -0.05) is 51.1 Å². The molecule has 0 radical (unpaired) electrons. The van der Waals surface area contributed by atoms with Crippen molar-refractivity contribution in [2.45, 2.75) is 46.1 Å². The van der Waals surface area contributed by atoms with E-state index in [4.69, 9.17) is 4.74 Å². The third-order valence-corrected chi connectivity index (χ3v) is 3.47. The van der Waals surface area contributed by atoms with Crippen molar-refractivity contribution in [3.8, 4) is 0 Å². The van der Waals surface area contributed by atoms with E-state index in [0.717, 1.165) is 12.1 Å². The highest BCUT2D eigenvalue weighted by Gasteiger charge is 2.37. The summed E-state index contributed by atoms with van der Waals surface area (Å²) in [7, 11) is 0. The average Bonchev–Trinajstić information content (AvgIpc) is 2.44. The number of esters is 1. The predicted molar refractivity (Wildman–Crippen MR) is 82.6 cm³/mol. The smallest absolute Gasteiger partial charge is 0.326 e. The molecule has 0 aliphatic heterocycles. The third kappa shape index (κ3) is 4.64. The van der Waals surface area contributed by atoms with Crippen molar-refractivity contribution >= 4 is 5.97 Å². The minimum Gasteiger partial charge on any atom is -0.465 e. The van der Waals surface area contributed by atoms with Gasteiger partial charge in [0.1, 0.15) is 5.54 Å². The maximum absolute atomic E-state index is 12.4. The van der Waals surface area contributed by atoms with Gasteiger partial charge in [-0.2, -0.15) is 0 Å². The number of benzene rings is 1. The van der Waals surface area contributed by atoms with Crippen molar-refractivity contribution in [1.29, 1.82) is 0 Å². The number of carbonyl (C=O) groups is 1. The van der Waals surface area contributed by atoms with Gasteiger partial charge in [0.2, 0.25) is 0 Å². The summed E-state index contributed by atoms with van der Waals surface area (Å²) >= 11 is 0. The number of rotatable bonds is 8. The largest absolute Gasteiger partial charge is 0.465 e. The highest BCUT2D eigenvalue weighted by atomic mass is 16.5.